The van der Waals surface area contributed by atoms with Gasteiger partial charge in [-0.2, -0.15) is 0 Å². The van der Waals surface area contributed by atoms with Gasteiger partial charge in [-0.3, -0.25) is 0 Å². The zero-order chi connectivity index (χ0) is 15.0. The van der Waals surface area contributed by atoms with Crippen LogP contribution >= 0.6 is 0 Å². The van der Waals surface area contributed by atoms with Crippen LogP contribution < -0.4 is 0 Å². The molecule has 0 unspecified atom stereocenters. The molecule has 0 atom stereocenters. The van der Waals surface area contributed by atoms with E-state index in [1.165, 1.54) is 12.7 Å². The Kier molecular flexibility index (Phi) is 3.72. The number of aryl methyl sites for hydroxylation is 1. The first kappa shape index (κ1) is 14.1. The largest absolute Gasteiger partial charge is 0.465 e. The van der Waals surface area contributed by atoms with Crippen molar-refractivity contribution in [1.82, 2.24) is 4.57 Å². The molecule has 1 aliphatic carbocycles. The van der Waals surface area contributed by atoms with Gasteiger partial charge in [0.15, 0.2) is 0 Å². The van der Waals surface area contributed by atoms with Gasteiger partial charge in [0.2, 0.25) is 0 Å². The molecule has 1 saturated carbocycles. The zero-order valence-corrected chi connectivity index (χ0v) is 12.5. The van der Waals surface area contributed by atoms with Crippen LogP contribution in [0.25, 0.3) is 10.9 Å². The van der Waals surface area contributed by atoms with Crippen molar-refractivity contribution in [3.05, 3.63) is 35.5 Å². The summed E-state index contributed by atoms with van der Waals surface area (Å²) in [6, 6.07) is 6.29. The monoisotopic (exact) mass is 287 g/mol. The van der Waals surface area contributed by atoms with E-state index in [1.54, 1.807) is 0 Å². The van der Waals surface area contributed by atoms with Crippen LogP contribution in [0.15, 0.2) is 24.4 Å². The standard InChI is InChI=1S/C17H21NO3/c1-18-10-15(17(20)21-2)14-8-5-12(9-16(14)18)11-3-6-13(19)7-4-11/h5,8-11,13,19H,3-4,6-7H2,1-2H3. The van der Waals surface area contributed by atoms with Crippen molar-refractivity contribution in [2.75, 3.05) is 7.11 Å². The number of fused-ring (bicyclic) bond motifs is 1. The SMILES string of the molecule is COC(=O)c1cn(C)c2cc(C3CCC(O)CC3)ccc12. The maximum Gasteiger partial charge on any atom is 0.340 e. The minimum Gasteiger partial charge on any atom is -0.465 e. The number of benzene rings is 1. The van der Waals surface area contributed by atoms with Crippen LogP contribution in [0.2, 0.25) is 0 Å². The van der Waals surface area contributed by atoms with Gasteiger partial charge in [-0.25, -0.2) is 4.79 Å². The Morgan fingerprint density at radius 2 is 2.00 bits per heavy atom. The lowest BCUT2D eigenvalue weighted by molar-refractivity contribution is 0.0602. The Labute approximate surface area is 124 Å². The average molecular weight is 287 g/mol. The third-order valence-corrected chi connectivity index (χ3v) is 4.59. The minimum absolute atomic E-state index is 0.133. The van der Waals surface area contributed by atoms with E-state index in [0.29, 0.717) is 11.5 Å². The number of nitrogens with zero attached hydrogens (tertiary/aromatic N) is 1. The molecule has 1 fully saturated rings. The molecule has 0 radical (unpaired) electrons. The summed E-state index contributed by atoms with van der Waals surface area (Å²) in [5.41, 5.74) is 2.96. The number of aliphatic hydroxyl groups excluding tert-OH is 1. The molecular weight excluding hydrogens is 266 g/mol. The Morgan fingerprint density at radius 3 is 2.67 bits per heavy atom. The lowest BCUT2D eigenvalue weighted by atomic mass is 9.82. The van der Waals surface area contributed by atoms with Crippen LogP contribution in [-0.4, -0.2) is 28.9 Å². The molecule has 4 heteroatoms. The first-order valence-corrected chi connectivity index (χ1v) is 7.45. The number of carbonyl (C=O) groups excluding carboxylic acids is 1. The van der Waals surface area contributed by atoms with Gasteiger partial charge in [-0.1, -0.05) is 12.1 Å². The molecule has 1 heterocycles. The summed E-state index contributed by atoms with van der Waals surface area (Å²) in [6.07, 6.45) is 5.50. The number of hydrogen-bond acceptors (Lipinski definition) is 3. The maximum absolute atomic E-state index is 11.8. The Balaban J connectivity index is 1.97. The highest BCUT2D eigenvalue weighted by atomic mass is 16.5. The predicted molar refractivity (Wildman–Crippen MR) is 81.5 cm³/mol. The fourth-order valence-corrected chi connectivity index (χ4v) is 3.34. The molecule has 0 bridgehead atoms. The average Bonchev–Trinajstić information content (AvgIpc) is 2.84. The summed E-state index contributed by atoms with van der Waals surface area (Å²) in [5.74, 6) is 0.211. The smallest absolute Gasteiger partial charge is 0.340 e. The number of aromatic nitrogens is 1. The van der Waals surface area contributed by atoms with E-state index < -0.39 is 0 Å². The molecule has 3 rings (SSSR count). The van der Waals surface area contributed by atoms with Gasteiger partial charge in [-0.05, 0) is 43.2 Å². The van der Waals surface area contributed by atoms with Gasteiger partial charge in [-0.15, -0.1) is 0 Å². The molecular formula is C17H21NO3. The first-order chi connectivity index (χ1) is 10.1. The number of carbonyl (C=O) groups is 1. The molecule has 0 spiro atoms. The maximum atomic E-state index is 11.8. The molecule has 1 N–H and O–H groups in total. The lowest BCUT2D eigenvalue weighted by Crippen LogP contribution is -2.16. The number of rotatable bonds is 2. The second kappa shape index (κ2) is 5.53. The Bertz CT molecular complexity index is 666. The van der Waals surface area contributed by atoms with Crippen LogP contribution in [0.1, 0.15) is 47.5 Å². The van der Waals surface area contributed by atoms with E-state index >= 15 is 0 Å². The van der Waals surface area contributed by atoms with Crippen molar-refractivity contribution in [1.29, 1.82) is 0 Å². The summed E-state index contributed by atoms with van der Waals surface area (Å²) < 4.78 is 6.81. The first-order valence-electron chi connectivity index (χ1n) is 7.45. The quantitative estimate of drug-likeness (QED) is 0.864. The molecule has 1 aliphatic rings. The van der Waals surface area contributed by atoms with Crippen molar-refractivity contribution in [2.24, 2.45) is 7.05 Å². The van der Waals surface area contributed by atoms with Crippen molar-refractivity contribution in [3.63, 3.8) is 0 Å². The molecule has 0 amide bonds. The topological polar surface area (TPSA) is 51.5 Å². The fraction of sp³-hybridized carbons (Fsp3) is 0.471. The van der Waals surface area contributed by atoms with E-state index in [9.17, 15) is 9.90 Å². The van der Waals surface area contributed by atoms with Crippen LogP contribution in [0.3, 0.4) is 0 Å². The summed E-state index contributed by atoms with van der Waals surface area (Å²) in [4.78, 5) is 11.8. The third kappa shape index (κ3) is 2.56. The van der Waals surface area contributed by atoms with Crippen molar-refractivity contribution >= 4 is 16.9 Å². The van der Waals surface area contributed by atoms with E-state index in [-0.39, 0.29) is 12.1 Å². The van der Waals surface area contributed by atoms with Gasteiger partial charge in [0, 0.05) is 24.1 Å². The van der Waals surface area contributed by atoms with Gasteiger partial charge in [0.05, 0.1) is 18.8 Å². The van der Waals surface area contributed by atoms with E-state index in [4.69, 9.17) is 4.74 Å². The number of aliphatic hydroxyl groups is 1. The number of methoxy groups -OCH3 is 1. The Morgan fingerprint density at radius 1 is 1.29 bits per heavy atom. The summed E-state index contributed by atoms with van der Waals surface area (Å²) >= 11 is 0. The van der Waals surface area contributed by atoms with Gasteiger partial charge in [0.1, 0.15) is 0 Å². The molecule has 1 aromatic carbocycles. The van der Waals surface area contributed by atoms with E-state index in [1.807, 2.05) is 23.9 Å². The highest BCUT2D eigenvalue weighted by molar-refractivity contribution is 6.04. The van der Waals surface area contributed by atoms with Gasteiger partial charge >= 0.3 is 5.97 Å². The predicted octanol–water partition coefficient (Wildman–Crippen LogP) is 2.98. The molecule has 0 saturated heterocycles. The number of hydrogen-bond donors (Lipinski definition) is 1. The molecule has 112 valence electrons. The summed E-state index contributed by atoms with van der Waals surface area (Å²) in [6.45, 7) is 0. The van der Waals surface area contributed by atoms with Crippen LogP contribution in [0.5, 0.6) is 0 Å². The number of ether oxygens (including phenoxy) is 1. The van der Waals surface area contributed by atoms with E-state index in [0.717, 1.165) is 36.6 Å². The molecule has 1 aromatic heterocycles. The summed E-state index contributed by atoms with van der Waals surface area (Å²) in [7, 11) is 3.35. The van der Waals surface area contributed by atoms with Crippen molar-refractivity contribution < 1.29 is 14.6 Å². The molecule has 2 aromatic rings. The number of esters is 1. The van der Waals surface area contributed by atoms with Crippen LogP contribution in [0.4, 0.5) is 0 Å². The zero-order valence-electron chi connectivity index (χ0n) is 12.5. The second-order valence-electron chi connectivity index (χ2n) is 5.93. The minimum atomic E-state index is -0.297. The highest BCUT2D eigenvalue weighted by Gasteiger charge is 2.22. The highest BCUT2D eigenvalue weighted by Crippen LogP contribution is 2.35. The van der Waals surface area contributed by atoms with Crippen molar-refractivity contribution in [3.8, 4) is 0 Å². The van der Waals surface area contributed by atoms with Crippen LogP contribution in [-0.2, 0) is 11.8 Å². The fourth-order valence-electron chi connectivity index (χ4n) is 3.34. The third-order valence-electron chi connectivity index (χ3n) is 4.59. The lowest BCUT2D eigenvalue weighted by Gasteiger charge is -2.25. The van der Waals surface area contributed by atoms with E-state index in [2.05, 4.69) is 12.1 Å². The second-order valence-corrected chi connectivity index (χ2v) is 5.93. The molecule has 21 heavy (non-hydrogen) atoms. The van der Waals surface area contributed by atoms with Gasteiger partial charge < -0.3 is 14.4 Å². The molecule has 0 aliphatic heterocycles. The van der Waals surface area contributed by atoms with Crippen molar-refractivity contribution in [2.45, 2.75) is 37.7 Å². The Hall–Kier alpha value is -1.81. The van der Waals surface area contributed by atoms with Crippen LogP contribution in [0, 0.1) is 0 Å². The van der Waals surface area contributed by atoms with Gasteiger partial charge in [0.25, 0.3) is 0 Å². The normalized spacial score (nSPS) is 22.4. The summed E-state index contributed by atoms with van der Waals surface area (Å²) in [5, 5.41) is 10.6. The molecule has 4 nitrogen and oxygen atoms in total.